The maximum absolute atomic E-state index is 12.8. The van der Waals surface area contributed by atoms with E-state index in [-0.39, 0.29) is 11.9 Å². The van der Waals surface area contributed by atoms with E-state index in [9.17, 15) is 4.39 Å². The van der Waals surface area contributed by atoms with Gasteiger partial charge >= 0.3 is 0 Å². The molecule has 4 nitrogen and oxygen atoms in total. The Hall–Kier alpha value is -2.17. The van der Waals surface area contributed by atoms with Gasteiger partial charge in [-0.05, 0) is 37.1 Å². The number of nitrogens with zero attached hydrogens (tertiary/aromatic N) is 2. The first kappa shape index (κ1) is 14.2. The smallest absolute Gasteiger partial charge is 0.226 e. The van der Waals surface area contributed by atoms with Gasteiger partial charge in [0.15, 0.2) is 0 Å². The van der Waals surface area contributed by atoms with Gasteiger partial charge < -0.3 is 10.1 Å². The van der Waals surface area contributed by atoms with Gasteiger partial charge in [-0.25, -0.2) is 9.37 Å². The Balaban J connectivity index is 2.07. The number of halogens is 1. The summed E-state index contributed by atoms with van der Waals surface area (Å²) >= 11 is 0. The Kier molecular flexibility index (Phi) is 4.50. The maximum Gasteiger partial charge on any atom is 0.226 e. The van der Waals surface area contributed by atoms with Crippen LogP contribution in [-0.2, 0) is 0 Å². The summed E-state index contributed by atoms with van der Waals surface area (Å²) in [7, 11) is 0. The van der Waals surface area contributed by atoms with Crippen LogP contribution in [0.15, 0.2) is 36.5 Å². The van der Waals surface area contributed by atoms with E-state index in [1.54, 1.807) is 24.4 Å². The number of anilines is 1. The summed E-state index contributed by atoms with van der Waals surface area (Å²) < 4.78 is 18.4. The van der Waals surface area contributed by atoms with E-state index in [0.29, 0.717) is 23.5 Å². The first-order chi connectivity index (χ1) is 9.54. The second-order valence-electron chi connectivity index (χ2n) is 4.95. The van der Waals surface area contributed by atoms with Crippen molar-refractivity contribution in [3.63, 3.8) is 0 Å². The van der Waals surface area contributed by atoms with Gasteiger partial charge in [0.05, 0.1) is 0 Å². The second-order valence-corrected chi connectivity index (χ2v) is 4.95. The van der Waals surface area contributed by atoms with Crippen LogP contribution in [0.5, 0.6) is 11.6 Å². The predicted octanol–water partition coefficient (Wildman–Crippen LogP) is 3.86. The fourth-order valence-electron chi connectivity index (χ4n) is 1.46. The van der Waals surface area contributed by atoms with E-state index in [1.807, 2.05) is 0 Å². The van der Waals surface area contributed by atoms with Crippen LogP contribution in [-0.4, -0.2) is 16.0 Å². The zero-order valence-corrected chi connectivity index (χ0v) is 11.8. The van der Waals surface area contributed by atoms with Crippen molar-refractivity contribution in [1.82, 2.24) is 9.97 Å². The van der Waals surface area contributed by atoms with Gasteiger partial charge in [0.2, 0.25) is 11.8 Å². The molecule has 0 aliphatic rings. The largest absolute Gasteiger partial charge is 0.439 e. The summed E-state index contributed by atoms with van der Waals surface area (Å²) in [5.74, 6) is 1.65. The molecule has 106 valence electrons. The molecule has 1 N–H and O–H groups in total. The minimum Gasteiger partial charge on any atom is -0.439 e. The molecule has 0 aliphatic heterocycles. The Bertz CT molecular complexity index is 557. The highest BCUT2D eigenvalue weighted by Crippen LogP contribution is 2.20. The van der Waals surface area contributed by atoms with Crippen molar-refractivity contribution < 1.29 is 9.13 Å². The molecule has 0 fully saturated rings. The number of hydrogen-bond acceptors (Lipinski definition) is 4. The van der Waals surface area contributed by atoms with E-state index < -0.39 is 0 Å². The lowest BCUT2D eigenvalue weighted by Gasteiger charge is -2.17. The van der Waals surface area contributed by atoms with Crippen molar-refractivity contribution in [3.8, 4) is 11.6 Å². The van der Waals surface area contributed by atoms with Crippen LogP contribution >= 0.6 is 0 Å². The van der Waals surface area contributed by atoms with E-state index in [4.69, 9.17) is 4.74 Å². The zero-order valence-electron chi connectivity index (χ0n) is 11.8. The fraction of sp³-hybridized carbons (Fsp3) is 0.333. The first-order valence-electron chi connectivity index (χ1n) is 6.57. The van der Waals surface area contributed by atoms with E-state index >= 15 is 0 Å². The maximum atomic E-state index is 12.8. The molecule has 0 radical (unpaired) electrons. The average molecular weight is 275 g/mol. The fourth-order valence-corrected chi connectivity index (χ4v) is 1.46. The topological polar surface area (TPSA) is 47.0 Å². The summed E-state index contributed by atoms with van der Waals surface area (Å²) in [6, 6.07) is 7.72. The van der Waals surface area contributed by atoms with Gasteiger partial charge in [-0.15, -0.1) is 0 Å². The lowest BCUT2D eigenvalue weighted by Crippen LogP contribution is -2.22. The second kappa shape index (κ2) is 6.32. The number of rotatable bonds is 5. The summed E-state index contributed by atoms with van der Waals surface area (Å²) in [6.07, 6.45) is 1.63. The number of ether oxygens (including phenoxy) is 1. The van der Waals surface area contributed by atoms with Crippen molar-refractivity contribution >= 4 is 5.95 Å². The molecule has 0 saturated heterocycles. The molecule has 0 spiro atoms. The minimum absolute atomic E-state index is 0.260. The van der Waals surface area contributed by atoms with E-state index in [1.165, 1.54) is 12.1 Å². The third-order valence-electron chi connectivity index (χ3n) is 3.02. The lowest BCUT2D eigenvalue weighted by molar-refractivity contribution is 0.459. The molecular formula is C15H18FN3O. The molecule has 1 unspecified atom stereocenters. The van der Waals surface area contributed by atoms with Crippen LogP contribution in [0.2, 0.25) is 0 Å². The van der Waals surface area contributed by atoms with Crippen molar-refractivity contribution in [2.24, 2.45) is 5.92 Å². The number of hydrogen-bond donors (Lipinski definition) is 1. The third kappa shape index (κ3) is 3.91. The highest BCUT2D eigenvalue weighted by Gasteiger charge is 2.09. The van der Waals surface area contributed by atoms with Gasteiger partial charge in [-0.1, -0.05) is 13.8 Å². The van der Waals surface area contributed by atoms with Crippen molar-refractivity contribution in [3.05, 3.63) is 42.3 Å². The summed E-state index contributed by atoms with van der Waals surface area (Å²) in [4.78, 5) is 8.43. The van der Waals surface area contributed by atoms with Crippen LogP contribution in [0.1, 0.15) is 20.8 Å². The Labute approximate surface area is 118 Å². The predicted molar refractivity (Wildman–Crippen MR) is 76.4 cm³/mol. The highest BCUT2D eigenvalue weighted by molar-refractivity contribution is 5.32. The summed E-state index contributed by atoms with van der Waals surface area (Å²) in [5, 5.41) is 3.21. The number of aromatic nitrogens is 2. The van der Waals surface area contributed by atoms with Crippen LogP contribution in [0.3, 0.4) is 0 Å². The normalized spacial score (nSPS) is 12.2. The zero-order chi connectivity index (χ0) is 14.5. The molecule has 0 aliphatic carbocycles. The van der Waals surface area contributed by atoms with Crippen LogP contribution in [0.4, 0.5) is 10.3 Å². The molecule has 0 bridgehead atoms. The van der Waals surface area contributed by atoms with Crippen LogP contribution in [0.25, 0.3) is 0 Å². The summed E-state index contributed by atoms with van der Waals surface area (Å²) in [5.41, 5.74) is 0. The van der Waals surface area contributed by atoms with Crippen LogP contribution in [0, 0.1) is 11.7 Å². The molecule has 0 saturated carbocycles. The van der Waals surface area contributed by atoms with Crippen molar-refractivity contribution in [1.29, 1.82) is 0 Å². The summed E-state index contributed by atoms with van der Waals surface area (Å²) in [6.45, 7) is 6.31. The third-order valence-corrected chi connectivity index (χ3v) is 3.02. The van der Waals surface area contributed by atoms with E-state index in [2.05, 4.69) is 36.1 Å². The first-order valence-corrected chi connectivity index (χ1v) is 6.57. The van der Waals surface area contributed by atoms with Gasteiger partial charge in [0, 0.05) is 18.3 Å². The van der Waals surface area contributed by atoms with Gasteiger partial charge in [-0.2, -0.15) is 4.98 Å². The molecule has 2 rings (SSSR count). The molecule has 2 aromatic rings. The number of nitrogens with one attached hydrogen (secondary N) is 1. The SMILES string of the molecule is CC(C)C(C)Nc1nccc(Oc2ccc(F)cc2)n1. The molecular weight excluding hydrogens is 257 g/mol. The quantitative estimate of drug-likeness (QED) is 0.900. The number of benzene rings is 1. The van der Waals surface area contributed by atoms with Gasteiger partial charge in [0.1, 0.15) is 11.6 Å². The standard InChI is InChI=1S/C15H18FN3O/c1-10(2)11(3)18-15-17-9-8-14(19-15)20-13-6-4-12(16)5-7-13/h4-11H,1-3H3,(H,17,18,19). The molecule has 1 aromatic heterocycles. The lowest BCUT2D eigenvalue weighted by atomic mass is 10.1. The van der Waals surface area contributed by atoms with Gasteiger partial charge in [0.25, 0.3) is 0 Å². The van der Waals surface area contributed by atoms with Crippen LogP contribution < -0.4 is 10.1 Å². The molecule has 20 heavy (non-hydrogen) atoms. The minimum atomic E-state index is -0.298. The highest BCUT2D eigenvalue weighted by atomic mass is 19.1. The van der Waals surface area contributed by atoms with Gasteiger partial charge in [-0.3, -0.25) is 0 Å². The average Bonchev–Trinajstić information content (AvgIpc) is 2.42. The molecule has 1 aromatic carbocycles. The molecule has 5 heteroatoms. The van der Waals surface area contributed by atoms with Crippen molar-refractivity contribution in [2.75, 3.05) is 5.32 Å². The molecule has 1 heterocycles. The molecule has 0 amide bonds. The monoisotopic (exact) mass is 275 g/mol. The Morgan fingerprint density at radius 2 is 1.80 bits per heavy atom. The van der Waals surface area contributed by atoms with E-state index in [0.717, 1.165) is 0 Å². The van der Waals surface area contributed by atoms with Crippen molar-refractivity contribution in [2.45, 2.75) is 26.8 Å². The Morgan fingerprint density at radius 1 is 1.10 bits per heavy atom. The Morgan fingerprint density at radius 3 is 2.45 bits per heavy atom. The molecule has 1 atom stereocenters.